The Morgan fingerprint density at radius 2 is 2.16 bits per heavy atom. The number of hydrogen-bond donors (Lipinski definition) is 2. The van der Waals surface area contributed by atoms with Gasteiger partial charge in [-0.15, -0.1) is 0 Å². The van der Waals surface area contributed by atoms with E-state index < -0.39 is 23.7 Å². The first-order valence-corrected chi connectivity index (χ1v) is 7.93. The first-order valence-electron chi connectivity index (χ1n) is 7.93. The maximum absolute atomic E-state index is 12.9. The summed E-state index contributed by atoms with van der Waals surface area (Å²) < 4.78 is 16.9. The molecule has 1 atom stereocenters. The number of fused-ring (bicyclic) bond motifs is 2. The number of carbonyl (C=O) groups is 1. The fourth-order valence-corrected chi connectivity index (χ4v) is 3.14. The molecule has 0 radical (unpaired) electrons. The molecule has 134 valence electrons. The summed E-state index contributed by atoms with van der Waals surface area (Å²) in [6.45, 7) is 2.79. The molecule has 1 unspecified atom stereocenters. The number of aldehydes is 1. The third-order valence-corrected chi connectivity index (χ3v) is 4.46. The minimum Gasteiger partial charge on any atom is -0.495 e. The predicted octanol–water partition coefficient (Wildman–Crippen LogP) is 1.11. The highest BCUT2D eigenvalue weighted by Gasteiger charge is 2.38. The molecular formula is C18H20O7. The molecule has 25 heavy (non-hydrogen) atoms. The van der Waals surface area contributed by atoms with Crippen LogP contribution in [0.1, 0.15) is 30.7 Å². The Morgan fingerprint density at radius 1 is 1.44 bits per heavy atom. The van der Waals surface area contributed by atoms with Gasteiger partial charge >= 0.3 is 0 Å². The lowest BCUT2D eigenvalue weighted by atomic mass is 9.95. The summed E-state index contributed by atoms with van der Waals surface area (Å²) in [5.74, 6) is 0.819. The average molecular weight is 348 g/mol. The van der Waals surface area contributed by atoms with Crippen molar-refractivity contribution in [3.05, 3.63) is 33.2 Å². The molecule has 1 aliphatic heterocycles. The number of carbonyl (C=O) groups excluding carboxylic acids is 1. The van der Waals surface area contributed by atoms with Gasteiger partial charge in [0.25, 0.3) is 0 Å². The monoisotopic (exact) mass is 348 g/mol. The van der Waals surface area contributed by atoms with Crippen LogP contribution in [0.15, 0.2) is 15.3 Å². The normalized spacial score (nSPS) is 16.6. The van der Waals surface area contributed by atoms with E-state index in [9.17, 15) is 19.8 Å². The highest BCUT2D eigenvalue weighted by molar-refractivity contribution is 5.88. The molecular weight excluding hydrogens is 328 g/mol. The van der Waals surface area contributed by atoms with E-state index >= 15 is 0 Å². The van der Waals surface area contributed by atoms with E-state index in [1.807, 2.05) is 0 Å². The topological polar surface area (TPSA) is 106 Å². The molecule has 3 rings (SSSR count). The highest BCUT2D eigenvalue weighted by Crippen LogP contribution is 2.43. The van der Waals surface area contributed by atoms with E-state index in [4.69, 9.17) is 13.9 Å². The minimum absolute atomic E-state index is 0.0450. The molecule has 1 aromatic carbocycles. The lowest BCUT2D eigenvalue weighted by Crippen LogP contribution is -2.39. The number of aliphatic hydroxyl groups is 2. The highest BCUT2D eigenvalue weighted by atomic mass is 16.5. The largest absolute Gasteiger partial charge is 0.495 e. The molecule has 0 amide bonds. The lowest BCUT2D eigenvalue weighted by molar-refractivity contribution is -0.107. The van der Waals surface area contributed by atoms with Crippen LogP contribution in [0.25, 0.3) is 11.0 Å². The molecule has 0 spiro atoms. The molecule has 1 aliphatic rings. The van der Waals surface area contributed by atoms with Crippen LogP contribution in [-0.2, 0) is 24.2 Å². The van der Waals surface area contributed by atoms with Crippen molar-refractivity contribution in [3.63, 3.8) is 0 Å². The zero-order valence-corrected chi connectivity index (χ0v) is 14.3. The lowest BCUT2D eigenvalue weighted by Gasteiger charge is -2.24. The van der Waals surface area contributed by atoms with Crippen LogP contribution in [0.4, 0.5) is 0 Å². The van der Waals surface area contributed by atoms with Gasteiger partial charge in [-0.25, -0.2) is 0 Å². The molecule has 0 bridgehead atoms. The Balaban J connectivity index is 2.30. The Morgan fingerprint density at radius 3 is 2.72 bits per heavy atom. The van der Waals surface area contributed by atoms with Crippen LogP contribution >= 0.6 is 0 Å². The molecule has 0 fully saturated rings. The molecule has 0 saturated carbocycles. The molecule has 2 aromatic rings. The first kappa shape index (κ1) is 17.4. The third-order valence-electron chi connectivity index (χ3n) is 4.46. The molecule has 7 nitrogen and oxygen atoms in total. The van der Waals surface area contributed by atoms with E-state index in [1.165, 1.54) is 7.11 Å². The summed E-state index contributed by atoms with van der Waals surface area (Å²) >= 11 is 0. The number of aliphatic hydroxyl groups excluding tert-OH is 1. The average Bonchev–Trinajstić information content (AvgIpc) is 2.99. The summed E-state index contributed by atoms with van der Waals surface area (Å²) in [7, 11) is 1.44. The van der Waals surface area contributed by atoms with Crippen molar-refractivity contribution in [2.24, 2.45) is 0 Å². The number of methoxy groups -OCH3 is 1. The maximum Gasteiger partial charge on any atom is 0.200 e. The molecule has 2 heterocycles. The van der Waals surface area contributed by atoms with E-state index in [1.54, 1.807) is 19.9 Å². The maximum atomic E-state index is 12.9. The van der Waals surface area contributed by atoms with E-state index in [-0.39, 0.29) is 28.7 Å². The van der Waals surface area contributed by atoms with Gasteiger partial charge < -0.3 is 28.9 Å². The van der Waals surface area contributed by atoms with Crippen LogP contribution in [-0.4, -0.2) is 35.3 Å². The van der Waals surface area contributed by atoms with Crippen molar-refractivity contribution in [2.45, 2.75) is 45.0 Å². The van der Waals surface area contributed by atoms with E-state index in [2.05, 4.69) is 0 Å². The van der Waals surface area contributed by atoms with Crippen molar-refractivity contribution in [2.75, 3.05) is 7.11 Å². The molecule has 1 aromatic heterocycles. The smallest absolute Gasteiger partial charge is 0.200 e. The van der Waals surface area contributed by atoms with Crippen LogP contribution in [0, 0.1) is 0 Å². The fraction of sp³-hybridized carbons (Fsp3) is 0.444. The number of ether oxygens (including phenoxy) is 2. The van der Waals surface area contributed by atoms with Gasteiger partial charge in [-0.05, 0) is 13.8 Å². The Hall–Kier alpha value is -2.38. The SMILES string of the molecule is COc1c2c(cc3oc(CO)c(CC=O)c(=O)c13)OC(C(C)(C)O)C2. The standard InChI is InChI=1S/C18H20O7/c1-18(2,22)14-6-10-11(25-14)7-12-15(17(10)23-3)16(21)9(4-5-19)13(8-20)24-12/h5,7,14,20,22H,4,6,8H2,1-3H3. The second-order valence-corrected chi connectivity index (χ2v) is 6.59. The third kappa shape index (κ3) is 2.79. The summed E-state index contributed by atoms with van der Waals surface area (Å²) in [5, 5.41) is 19.9. The zero-order valence-electron chi connectivity index (χ0n) is 14.3. The van der Waals surface area contributed by atoms with Crippen LogP contribution < -0.4 is 14.9 Å². The van der Waals surface area contributed by atoms with Crippen molar-refractivity contribution in [3.8, 4) is 11.5 Å². The number of hydrogen-bond acceptors (Lipinski definition) is 7. The quantitative estimate of drug-likeness (QED) is 0.780. The Bertz CT molecular complexity index is 889. The molecule has 2 N–H and O–H groups in total. The molecule has 0 saturated heterocycles. The fourth-order valence-electron chi connectivity index (χ4n) is 3.14. The van der Waals surface area contributed by atoms with Gasteiger partial charge in [-0.2, -0.15) is 0 Å². The van der Waals surface area contributed by atoms with Gasteiger partial charge in [-0.1, -0.05) is 0 Å². The van der Waals surface area contributed by atoms with Crippen molar-refractivity contribution in [1.29, 1.82) is 0 Å². The minimum atomic E-state index is -1.08. The van der Waals surface area contributed by atoms with Crippen molar-refractivity contribution >= 4 is 17.3 Å². The van der Waals surface area contributed by atoms with Gasteiger partial charge in [-0.3, -0.25) is 4.79 Å². The van der Waals surface area contributed by atoms with Gasteiger partial charge in [0.1, 0.15) is 47.2 Å². The Kier molecular flexibility index (Phi) is 4.30. The van der Waals surface area contributed by atoms with Crippen molar-refractivity contribution < 1.29 is 28.9 Å². The van der Waals surface area contributed by atoms with E-state index in [0.29, 0.717) is 29.8 Å². The summed E-state index contributed by atoms with van der Waals surface area (Å²) in [5.41, 5.74) is -0.504. The van der Waals surface area contributed by atoms with Crippen LogP contribution in [0.5, 0.6) is 11.5 Å². The van der Waals surface area contributed by atoms with Gasteiger partial charge in [0.05, 0.1) is 12.7 Å². The number of rotatable bonds is 5. The summed E-state index contributed by atoms with van der Waals surface area (Å²) in [6.07, 6.45) is 0.319. The predicted molar refractivity (Wildman–Crippen MR) is 89.1 cm³/mol. The summed E-state index contributed by atoms with van der Waals surface area (Å²) in [6, 6.07) is 1.56. The van der Waals surface area contributed by atoms with Gasteiger partial charge in [0, 0.05) is 30.0 Å². The number of benzene rings is 1. The molecule has 0 aliphatic carbocycles. The molecule has 7 heteroatoms. The first-order chi connectivity index (χ1) is 11.8. The van der Waals surface area contributed by atoms with E-state index in [0.717, 1.165) is 0 Å². The van der Waals surface area contributed by atoms with Crippen molar-refractivity contribution in [1.82, 2.24) is 0 Å². The van der Waals surface area contributed by atoms with Gasteiger partial charge in [0.2, 0.25) is 0 Å². The second kappa shape index (κ2) is 6.16. The van der Waals surface area contributed by atoms with Gasteiger partial charge in [0.15, 0.2) is 5.43 Å². The van der Waals surface area contributed by atoms with Crippen LogP contribution in [0.3, 0.4) is 0 Å². The second-order valence-electron chi connectivity index (χ2n) is 6.59. The summed E-state index contributed by atoms with van der Waals surface area (Å²) in [4.78, 5) is 23.7. The van der Waals surface area contributed by atoms with Crippen LogP contribution in [0.2, 0.25) is 0 Å². The Labute approximate surface area is 143 Å². The zero-order chi connectivity index (χ0) is 18.4.